The Morgan fingerprint density at radius 1 is 1.64 bits per heavy atom. The molecule has 0 fully saturated rings. The fraction of sp³-hybridized carbons (Fsp3) is 0.667. The first-order chi connectivity index (χ1) is 4.58. The predicted octanol–water partition coefficient (Wildman–Crippen LogP) is -3.86. The van der Waals surface area contributed by atoms with Crippen LogP contribution in [0.15, 0.2) is 4.99 Å². The van der Waals surface area contributed by atoms with Crippen molar-refractivity contribution in [3.05, 3.63) is 0 Å². The monoisotopic (exact) mass is 204 g/mol. The maximum Gasteiger partial charge on any atom is 1.00 e. The van der Waals surface area contributed by atoms with Crippen LogP contribution in [0.4, 0.5) is 0 Å². The predicted molar refractivity (Wildman–Crippen MR) is 37.6 cm³/mol. The number of hydrogen-bond donors (Lipinski definition) is 1. The van der Waals surface area contributed by atoms with E-state index < -0.39 is 10.3 Å². The zero-order valence-electron chi connectivity index (χ0n) is 5.90. The van der Waals surface area contributed by atoms with Crippen molar-refractivity contribution in [2.24, 2.45) is 4.99 Å². The molecular weight excluding hydrogens is 199 g/mol. The van der Waals surface area contributed by atoms with Crippen molar-refractivity contribution >= 4 is 27.2 Å². The molecule has 0 bridgehead atoms. The Balaban J connectivity index is 0.000001000. The molecular formula is C3H5N2NaO3S2. The molecule has 0 aliphatic carbocycles. The molecule has 0 saturated carbocycles. The van der Waals surface area contributed by atoms with Crippen LogP contribution < -0.4 is 34.3 Å². The van der Waals surface area contributed by atoms with Gasteiger partial charge in [0, 0.05) is 5.75 Å². The molecule has 0 atom stereocenters. The number of aliphatic imine (C=N–C) groups is 1. The molecule has 11 heavy (non-hydrogen) atoms. The molecule has 1 aliphatic rings. The SMILES string of the molecule is O=S(=O)([O-])NC1=NCCS1.[Na+]. The third-order valence-electron chi connectivity index (χ3n) is 0.798. The fourth-order valence-corrected chi connectivity index (χ4v) is 1.88. The Morgan fingerprint density at radius 2 is 2.27 bits per heavy atom. The van der Waals surface area contributed by atoms with Crippen molar-refractivity contribution < 1.29 is 42.5 Å². The van der Waals surface area contributed by atoms with Crippen molar-refractivity contribution in [1.82, 2.24) is 4.72 Å². The van der Waals surface area contributed by atoms with Crippen LogP contribution in [0.3, 0.4) is 0 Å². The van der Waals surface area contributed by atoms with Gasteiger partial charge in [0.05, 0.1) is 6.54 Å². The zero-order valence-corrected chi connectivity index (χ0v) is 9.54. The van der Waals surface area contributed by atoms with Crippen LogP contribution in [0.2, 0.25) is 0 Å². The summed E-state index contributed by atoms with van der Waals surface area (Å²) in [7, 11) is -4.36. The minimum Gasteiger partial charge on any atom is -0.731 e. The quantitative estimate of drug-likeness (QED) is 0.350. The molecule has 0 unspecified atom stereocenters. The summed E-state index contributed by atoms with van der Waals surface area (Å²) in [5.74, 6) is 0.734. The van der Waals surface area contributed by atoms with E-state index in [1.807, 2.05) is 0 Å². The molecule has 58 valence electrons. The van der Waals surface area contributed by atoms with Gasteiger partial charge in [-0.1, -0.05) is 11.8 Å². The molecule has 8 heteroatoms. The number of rotatable bonds is 1. The Bertz CT molecular complexity index is 249. The summed E-state index contributed by atoms with van der Waals surface area (Å²) in [5.41, 5.74) is 0. The number of hydrogen-bond acceptors (Lipinski definition) is 5. The summed E-state index contributed by atoms with van der Waals surface area (Å²) >= 11 is 1.23. The van der Waals surface area contributed by atoms with E-state index in [-0.39, 0.29) is 34.7 Å². The van der Waals surface area contributed by atoms with E-state index in [0.29, 0.717) is 6.54 Å². The number of nitrogens with zero attached hydrogens (tertiary/aromatic N) is 1. The van der Waals surface area contributed by atoms with Crippen molar-refractivity contribution in [3.8, 4) is 0 Å². The first-order valence-corrected chi connectivity index (χ1v) is 4.88. The number of nitrogens with one attached hydrogen (secondary N) is 1. The topological polar surface area (TPSA) is 81.6 Å². The maximum absolute atomic E-state index is 10.0. The first kappa shape index (κ1) is 11.7. The second kappa shape index (κ2) is 4.68. The second-order valence-corrected chi connectivity index (χ2v) is 3.79. The van der Waals surface area contributed by atoms with E-state index >= 15 is 0 Å². The third-order valence-corrected chi connectivity index (χ3v) is 2.26. The van der Waals surface area contributed by atoms with Gasteiger partial charge in [-0.15, -0.1) is 0 Å². The number of amidine groups is 1. The zero-order chi connectivity index (χ0) is 7.61. The molecule has 1 aliphatic heterocycles. The summed E-state index contributed by atoms with van der Waals surface area (Å²) in [6.45, 7) is 0.572. The first-order valence-electron chi connectivity index (χ1n) is 2.49. The Hall–Kier alpha value is 0.730. The van der Waals surface area contributed by atoms with Gasteiger partial charge in [0.15, 0.2) is 15.5 Å². The van der Waals surface area contributed by atoms with Crippen LogP contribution in [-0.4, -0.2) is 30.4 Å². The van der Waals surface area contributed by atoms with Crippen LogP contribution in [0.1, 0.15) is 0 Å². The molecule has 1 rings (SSSR count). The minimum absolute atomic E-state index is 0. The van der Waals surface area contributed by atoms with Crippen LogP contribution in [0.5, 0.6) is 0 Å². The van der Waals surface area contributed by atoms with Gasteiger partial charge in [-0.25, -0.2) is 8.42 Å². The van der Waals surface area contributed by atoms with Crippen LogP contribution in [-0.2, 0) is 10.3 Å². The Morgan fingerprint density at radius 3 is 2.64 bits per heavy atom. The Kier molecular flexibility index (Phi) is 4.99. The van der Waals surface area contributed by atoms with Gasteiger partial charge in [-0.2, -0.15) is 0 Å². The molecule has 1 N–H and O–H groups in total. The van der Waals surface area contributed by atoms with Gasteiger partial charge in [-0.05, 0) is 0 Å². The Labute approximate surface area is 91.2 Å². The van der Waals surface area contributed by atoms with Gasteiger partial charge >= 0.3 is 29.6 Å². The van der Waals surface area contributed by atoms with Gasteiger partial charge in [0.25, 0.3) is 0 Å². The van der Waals surface area contributed by atoms with Gasteiger partial charge in [0.2, 0.25) is 0 Å². The van der Waals surface area contributed by atoms with Crippen LogP contribution in [0, 0.1) is 0 Å². The summed E-state index contributed by atoms with van der Waals surface area (Å²) in [6, 6.07) is 0. The normalized spacial score (nSPS) is 17.0. The number of thioether (sulfide) groups is 1. The average Bonchev–Trinajstić information content (AvgIpc) is 2.12. The van der Waals surface area contributed by atoms with Crippen molar-refractivity contribution in [1.29, 1.82) is 0 Å². The maximum atomic E-state index is 10.0. The molecule has 0 amide bonds. The third kappa shape index (κ3) is 5.05. The van der Waals surface area contributed by atoms with E-state index in [9.17, 15) is 13.0 Å². The van der Waals surface area contributed by atoms with E-state index in [1.165, 1.54) is 11.8 Å². The van der Waals surface area contributed by atoms with E-state index in [4.69, 9.17) is 0 Å². The standard InChI is InChI=1S/C3H6N2O3S2.Na/c6-10(7,8)5-3-4-1-2-9-3;/h1-2H2,(H,4,5)(H,6,7,8);/q;+1/p-1. The van der Waals surface area contributed by atoms with E-state index in [0.717, 1.165) is 5.75 Å². The largest absolute Gasteiger partial charge is 1.00 e. The molecule has 0 aromatic rings. The van der Waals surface area contributed by atoms with Crippen molar-refractivity contribution in [2.75, 3.05) is 12.3 Å². The van der Waals surface area contributed by atoms with E-state index in [2.05, 4.69) is 4.99 Å². The molecule has 0 saturated heterocycles. The molecule has 1 heterocycles. The van der Waals surface area contributed by atoms with E-state index in [1.54, 1.807) is 4.72 Å². The summed E-state index contributed by atoms with van der Waals surface area (Å²) in [5, 5.41) is 0.204. The average molecular weight is 204 g/mol. The van der Waals surface area contributed by atoms with Gasteiger partial charge in [-0.3, -0.25) is 9.71 Å². The molecule has 0 spiro atoms. The van der Waals surface area contributed by atoms with Crippen LogP contribution in [0.25, 0.3) is 0 Å². The smallest absolute Gasteiger partial charge is 0.731 e. The molecule has 0 aromatic carbocycles. The summed E-state index contributed by atoms with van der Waals surface area (Å²) < 4.78 is 31.8. The van der Waals surface area contributed by atoms with Crippen molar-refractivity contribution in [3.63, 3.8) is 0 Å². The molecule has 0 aromatic heterocycles. The molecule has 5 nitrogen and oxygen atoms in total. The minimum atomic E-state index is -4.36. The fourth-order valence-electron chi connectivity index (χ4n) is 0.504. The summed E-state index contributed by atoms with van der Waals surface area (Å²) in [6.07, 6.45) is 0. The van der Waals surface area contributed by atoms with Gasteiger partial charge in [0.1, 0.15) is 0 Å². The van der Waals surface area contributed by atoms with Crippen molar-refractivity contribution in [2.45, 2.75) is 0 Å². The van der Waals surface area contributed by atoms with Gasteiger partial charge < -0.3 is 4.55 Å². The summed E-state index contributed by atoms with van der Waals surface area (Å²) in [4.78, 5) is 3.71. The van der Waals surface area contributed by atoms with Crippen LogP contribution >= 0.6 is 11.8 Å². The molecule has 0 radical (unpaired) electrons. The second-order valence-electron chi connectivity index (χ2n) is 1.59.